The molecule has 0 aliphatic carbocycles. The highest BCUT2D eigenvalue weighted by molar-refractivity contribution is 14.1. The zero-order valence-corrected chi connectivity index (χ0v) is 18.7. The smallest absolute Gasteiger partial charge is 0.255 e. The van der Waals surface area contributed by atoms with Crippen LogP contribution in [0.15, 0.2) is 47.4 Å². The SMILES string of the molecule is CCCNS(=O)(=O)c1cc(C(=O)Nc2ccc(I)cc2)ccc1N1CCCC1. The zero-order valence-electron chi connectivity index (χ0n) is 15.7. The first-order valence-electron chi connectivity index (χ1n) is 9.36. The normalized spacial score (nSPS) is 14.3. The topological polar surface area (TPSA) is 78.5 Å². The molecular weight excluding hydrogens is 489 g/mol. The lowest BCUT2D eigenvalue weighted by molar-refractivity contribution is 0.102. The molecule has 2 N–H and O–H groups in total. The molecular formula is C20H24IN3O3S. The lowest BCUT2D eigenvalue weighted by Crippen LogP contribution is -2.28. The number of hydrogen-bond acceptors (Lipinski definition) is 4. The van der Waals surface area contributed by atoms with Crippen LogP contribution in [0.5, 0.6) is 0 Å². The van der Waals surface area contributed by atoms with E-state index in [1.807, 2.05) is 31.2 Å². The summed E-state index contributed by atoms with van der Waals surface area (Å²) in [6.45, 7) is 3.92. The van der Waals surface area contributed by atoms with Gasteiger partial charge >= 0.3 is 0 Å². The minimum absolute atomic E-state index is 0.165. The van der Waals surface area contributed by atoms with Gasteiger partial charge in [-0.05, 0) is 84.3 Å². The number of carbonyl (C=O) groups excluding carboxylic acids is 1. The van der Waals surface area contributed by atoms with Crippen LogP contribution < -0.4 is 14.9 Å². The molecule has 0 bridgehead atoms. The lowest BCUT2D eigenvalue weighted by atomic mass is 10.1. The van der Waals surface area contributed by atoms with E-state index >= 15 is 0 Å². The summed E-state index contributed by atoms with van der Waals surface area (Å²) in [4.78, 5) is 14.9. The molecule has 3 rings (SSSR count). The molecule has 150 valence electrons. The highest BCUT2D eigenvalue weighted by Gasteiger charge is 2.25. The predicted molar refractivity (Wildman–Crippen MR) is 120 cm³/mol. The molecule has 0 spiro atoms. The van der Waals surface area contributed by atoms with Crippen LogP contribution in [-0.4, -0.2) is 34.0 Å². The first kappa shape index (κ1) is 21.1. The van der Waals surface area contributed by atoms with Crippen LogP contribution in [0, 0.1) is 3.57 Å². The van der Waals surface area contributed by atoms with Crippen LogP contribution in [0.4, 0.5) is 11.4 Å². The molecule has 0 saturated carbocycles. The van der Waals surface area contributed by atoms with E-state index in [2.05, 4.69) is 37.5 Å². The molecule has 1 aliphatic heterocycles. The number of rotatable bonds is 7. The van der Waals surface area contributed by atoms with Gasteiger partial charge in [0.15, 0.2) is 0 Å². The lowest BCUT2D eigenvalue weighted by Gasteiger charge is -2.22. The van der Waals surface area contributed by atoms with Gasteiger partial charge in [-0.1, -0.05) is 6.92 Å². The summed E-state index contributed by atoms with van der Waals surface area (Å²) < 4.78 is 29.4. The number of anilines is 2. The fraction of sp³-hybridized carbons (Fsp3) is 0.350. The van der Waals surface area contributed by atoms with E-state index in [0.717, 1.165) is 29.5 Å². The van der Waals surface area contributed by atoms with Crippen molar-refractivity contribution < 1.29 is 13.2 Å². The second kappa shape index (κ2) is 9.23. The average Bonchev–Trinajstić information content (AvgIpc) is 3.22. The number of sulfonamides is 1. The zero-order chi connectivity index (χ0) is 20.1. The van der Waals surface area contributed by atoms with Crippen molar-refractivity contribution in [1.82, 2.24) is 4.72 Å². The van der Waals surface area contributed by atoms with Crippen molar-refractivity contribution >= 4 is 49.9 Å². The van der Waals surface area contributed by atoms with E-state index in [4.69, 9.17) is 0 Å². The Bertz CT molecular complexity index is 940. The second-order valence-corrected chi connectivity index (χ2v) is 9.72. The Morgan fingerprint density at radius 2 is 1.79 bits per heavy atom. The summed E-state index contributed by atoms with van der Waals surface area (Å²) in [6, 6.07) is 12.3. The van der Waals surface area contributed by atoms with Crippen molar-refractivity contribution in [2.45, 2.75) is 31.1 Å². The minimum Gasteiger partial charge on any atom is -0.370 e. The molecule has 1 aliphatic rings. The van der Waals surface area contributed by atoms with E-state index in [1.54, 1.807) is 12.1 Å². The molecule has 28 heavy (non-hydrogen) atoms. The van der Waals surface area contributed by atoms with E-state index in [-0.39, 0.29) is 10.8 Å². The fourth-order valence-corrected chi connectivity index (χ4v) is 4.88. The minimum atomic E-state index is -3.70. The van der Waals surface area contributed by atoms with Gasteiger partial charge in [0.2, 0.25) is 10.0 Å². The van der Waals surface area contributed by atoms with Gasteiger partial charge in [0.1, 0.15) is 4.90 Å². The molecule has 1 saturated heterocycles. The Kier molecular flexibility index (Phi) is 6.95. The molecule has 0 unspecified atom stereocenters. The van der Waals surface area contributed by atoms with E-state index in [1.165, 1.54) is 6.07 Å². The summed E-state index contributed by atoms with van der Waals surface area (Å²) in [6.07, 6.45) is 2.78. The van der Waals surface area contributed by atoms with Crippen molar-refractivity contribution in [3.8, 4) is 0 Å². The molecule has 1 fully saturated rings. The Hall–Kier alpha value is -1.65. The average molecular weight is 513 g/mol. The number of hydrogen-bond donors (Lipinski definition) is 2. The molecule has 8 heteroatoms. The Labute approximate surface area is 179 Å². The molecule has 0 radical (unpaired) electrons. The third-order valence-electron chi connectivity index (χ3n) is 4.60. The summed E-state index contributed by atoms with van der Waals surface area (Å²) in [5.41, 5.74) is 1.65. The Morgan fingerprint density at radius 3 is 2.43 bits per heavy atom. The summed E-state index contributed by atoms with van der Waals surface area (Å²) in [5.74, 6) is -0.332. The summed E-state index contributed by atoms with van der Waals surface area (Å²) in [5, 5.41) is 2.83. The van der Waals surface area contributed by atoms with Gasteiger partial charge in [-0.25, -0.2) is 13.1 Å². The van der Waals surface area contributed by atoms with Crippen LogP contribution in [0.25, 0.3) is 0 Å². The molecule has 6 nitrogen and oxygen atoms in total. The number of benzene rings is 2. The number of carbonyl (C=O) groups is 1. The van der Waals surface area contributed by atoms with Gasteiger partial charge in [0.05, 0.1) is 5.69 Å². The quantitative estimate of drug-likeness (QED) is 0.552. The maximum atomic E-state index is 12.9. The first-order valence-corrected chi connectivity index (χ1v) is 11.9. The van der Waals surface area contributed by atoms with Crippen molar-refractivity contribution in [2.75, 3.05) is 29.9 Å². The molecule has 0 aromatic heterocycles. The first-order chi connectivity index (χ1) is 13.4. The highest BCUT2D eigenvalue weighted by atomic mass is 127. The largest absolute Gasteiger partial charge is 0.370 e. The highest BCUT2D eigenvalue weighted by Crippen LogP contribution is 2.29. The van der Waals surface area contributed by atoms with Crippen LogP contribution in [0.2, 0.25) is 0 Å². The maximum absolute atomic E-state index is 12.9. The molecule has 2 aromatic rings. The monoisotopic (exact) mass is 513 g/mol. The van der Waals surface area contributed by atoms with Crippen LogP contribution >= 0.6 is 22.6 Å². The van der Waals surface area contributed by atoms with Crippen molar-refractivity contribution in [1.29, 1.82) is 0 Å². The fourth-order valence-electron chi connectivity index (χ4n) is 3.14. The standard InChI is InChI=1S/C20H24IN3O3S/c1-2-11-22-28(26,27)19-14-15(5-10-18(19)24-12-3-4-13-24)20(25)23-17-8-6-16(21)7-9-17/h5-10,14,22H,2-4,11-13H2,1H3,(H,23,25). The van der Waals surface area contributed by atoms with Crippen molar-refractivity contribution in [3.63, 3.8) is 0 Å². The third kappa shape index (κ3) is 5.03. The number of nitrogens with zero attached hydrogens (tertiary/aromatic N) is 1. The maximum Gasteiger partial charge on any atom is 0.255 e. The number of amides is 1. The van der Waals surface area contributed by atoms with Crippen LogP contribution in [0.3, 0.4) is 0 Å². The van der Waals surface area contributed by atoms with E-state index in [0.29, 0.717) is 29.9 Å². The van der Waals surface area contributed by atoms with Gasteiger partial charge < -0.3 is 10.2 Å². The van der Waals surface area contributed by atoms with Gasteiger partial charge in [0.25, 0.3) is 5.91 Å². The third-order valence-corrected chi connectivity index (χ3v) is 6.81. The molecule has 2 aromatic carbocycles. The number of nitrogens with one attached hydrogen (secondary N) is 2. The summed E-state index contributed by atoms with van der Waals surface area (Å²) in [7, 11) is -3.70. The van der Waals surface area contributed by atoms with Crippen molar-refractivity contribution in [2.24, 2.45) is 0 Å². The summed E-state index contributed by atoms with van der Waals surface area (Å²) >= 11 is 2.20. The van der Waals surface area contributed by atoms with Gasteiger partial charge in [-0.3, -0.25) is 4.79 Å². The Morgan fingerprint density at radius 1 is 1.11 bits per heavy atom. The van der Waals surface area contributed by atoms with E-state index in [9.17, 15) is 13.2 Å². The van der Waals surface area contributed by atoms with E-state index < -0.39 is 10.0 Å². The second-order valence-electron chi connectivity index (χ2n) is 6.74. The molecule has 1 heterocycles. The van der Waals surface area contributed by atoms with Gasteiger partial charge in [-0.2, -0.15) is 0 Å². The molecule has 1 amide bonds. The van der Waals surface area contributed by atoms with Crippen molar-refractivity contribution in [3.05, 3.63) is 51.6 Å². The van der Waals surface area contributed by atoms with Gasteiger partial charge in [0, 0.05) is 34.5 Å². The Balaban J connectivity index is 1.93. The number of halogens is 1. The predicted octanol–water partition coefficient (Wildman–Crippen LogP) is 3.83. The molecule has 0 atom stereocenters. The van der Waals surface area contributed by atoms with Crippen LogP contribution in [-0.2, 0) is 10.0 Å². The van der Waals surface area contributed by atoms with Gasteiger partial charge in [-0.15, -0.1) is 0 Å². The van der Waals surface area contributed by atoms with Crippen LogP contribution in [0.1, 0.15) is 36.5 Å².